The van der Waals surface area contributed by atoms with Crippen molar-refractivity contribution >= 4 is 17.6 Å². The zero-order chi connectivity index (χ0) is 18.2. The molecule has 1 aliphatic rings. The van der Waals surface area contributed by atoms with E-state index in [0.29, 0.717) is 30.6 Å². The Balaban J connectivity index is 2.50. The molecule has 0 heterocycles. The molecule has 3 unspecified atom stereocenters. The van der Waals surface area contributed by atoms with Crippen molar-refractivity contribution in [2.24, 2.45) is 17.8 Å². The minimum Gasteiger partial charge on any atom is -0.390 e. The van der Waals surface area contributed by atoms with Gasteiger partial charge < -0.3 is 28.8 Å². The first kappa shape index (κ1) is 9.19. The summed E-state index contributed by atoms with van der Waals surface area (Å²) in [6, 6.07) is 0.458. The minimum absolute atomic E-state index is 0.228. The van der Waals surface area contributed by atoms with E-state index < -0.39 is 17.6 Å². The molecule has 0 radical (unpaired) electrons. The second-order valence-electron chi connectivity index (χ2n) is 5.52. The lowest BCUT2D eigenvalue weighted by Gasteiger charge is -2.17. The highest BCUT2D eigenvalue weighted by Gasteiger charge is 2.36. The van der Waals surface area contributed by atoms with Crippen LogP contribution in [0.5, 0.6) is 0 Å². The van der Waals surface area contributed by atoms with E-state index in [1.807, 2.05) is 0 Å². The van der Waals surface area contributed by atoms with Gasteiger partial charge in [0.2, 0.25) is 0 Å². The molecule has 1 fully saturated rings. The molecule has 3 atom stereocenters. The molecule has 0 aromatic rings. The van der Waals surface area contributed by atoms with Crippen LogP contribution in [0.25, 0.3) is 0 Å². The number of hydrogen-bond donors (Lipinski definition) is 6. The summed E-state index contributed by atoms with van der Waals surface area (Å²) in [7, 11) is -7.05. The van der Waals surface area contributed by atoms with Gasteiger partial charge in [-0.05, 0) is 43.4 Å². The lowest BCUT2D eigenvalue weighted by Crippen LogP contribution is -2.35. The average molecular weight is 309 g/mol. The largest absolute Gasteiger partial charge is 0.492 e. The van der Waals surface area contributed by atoms with Crippen molar-refractivity contribution in [1.29, 1.82) is 8.59 Å². The first-order valence-corrected chi connectivity index (χ1v) is 10.2. The van der Waals surface area contributed by atoms with Gasteiger partial charge in [-0.3, -0.25) is 0 Å². The first-order valence-electron chi connectivity index (χ1n) is 8.74. The Morgan fingerprint density at radius 3 is 2.06 bits per heavy atom. The van der Waals surface area contributed by atoms with Crippen molar-refractivity contribution in [3.05, 3.63) is 0 Å². The van der Waals surface area contributed by atoms with Gasteiger partial charge in [0.25, 0.3) is 0 Å². The predicted octanol–water partition coefficient (Wildman–Crippen LogP) is -0.739. The number of hydrogen-bond acceptors (Lipinski definition) is 6. The van der Waals surface area contributed by atoms with E-state index in [2.05, 4.69) is 35.7 Å². The van der Waals surface area contributed by atoms with E-state index in [9.17, 15) is 0 Å². The van der Waals surface area contributed by atoms with E-state index in [4.69, 9.17) is 8.59 Å². The van der Waals surface area contributed by atoms with E-state index >= 15 is 0 Å². The quantitative estimate of drug-likeness (QED) is 0.264. The Labute approximate surface area is 118 Å². The van der Waals surface area contributed by atoms with Gasteiger partial charge in [-0.1, -0.05) is 6.92 Å². The Hall–Kier alpha value is 0.194. The van der Waals surface area contributed by atoms with Gasteiger partial charge in [0, 0.05) is 12.1 Å². The average Bonchev–Trinajstić information content (AvgIpc) is 2.98. The van der Waals surface area contributed by atoms with Crippen LogP contribution in [0.3, 0.4) is 0 Å². The van der Waals surface area contributed by atoms with Crippen molar-refractivity contribution in [2.75, 3.05) is 0 Å². The van der Waals surface area contributed by atoms with Gasteiger partial charge in [0.1, 0.15) is 0 Å². The first-order chi connectivity index (χ1) is 11.4. The fourth-order valence-corrected chi connectivity index (χ4v) is 4.34. The lowest BCUT2D eigenvalue weighted by molar-refractivity contribution is 0.220. The zero-order valence-corrected chi connectivity index (χ0v) is 12.4. The normalized spacial score (nSPS) is 34.2. The van der Waals surface area contributed by atoms with Crippen LogP contribution >= 0.6 is 0 Å². The molecule has 0 aliphatic heterocycles. The van der Waals surface area contributed by atoms with Crippen LogP contribution in [0.4, 0.5) is 0 Å². The van der Waals surface area contributed by atoms with Crippen LogP contribution in [-0.4, -0.2) is 55.0 Å². The van der Waals surface area contributed by atoms with Crippen LogP contribution in [-0.2, 0) is 0 Å². The monoisotopic (exact) mass is 308 g/mol. The molecule has 6 N–H and O–H groups in total. The Kier molecular flexibility index (Phi) is 3.11. The van der Waals surface area contributed by atoms with Gasteiger partial charge >= 0.3 is 17.6 Å². The van der Waals surface area contributed by atoms with Gasteiger partial charge in [-0.15, -0.1) is 0 Å². The van der Waals surface area contributed by atoms with Crippen LogP contribution in [0.1, 0.15) is 32.6 Å². The standard InChI is InChI=1S/C10H24O6Si2/c1-8-6-9(2-4-17(11,12)13)7-10(8)3-5-18(14,15)16/h8-16H,2-7H2,1H3/i11T,12T,13T,14T,15T,16T. The fraction of sp³-hybridized carbons (Fsp3) is 1.00. The molecule has 108 valence electrons. The summed E-state index contributed by atoms with van der Waals surface area (Å²) in [6.45, 7) is 2.10. The maximum absolute atomic E-state index is 6.95. The van der Waals surface area contributed by atoms with Crippen molar-refractivity contribution in [2.45, 2.75) is 44.7 Å². The van der Waals surface area contributed by atoms with E-state index in [1.165, 1.54) is 0 Å². The minimum atomic E-state index is -3.53. The highest BCUT2D eigenvalue weighted by atomic mass is 28.4. The molecule has 0 amide bonds. The highest BCUT2D eigenvalue weighted by Crippen LogP contribution is 2.41. The third-order valence-electron chi connectivity index (χ3n) is 3.83. The summed E-state index contributed by atoms with van der Waals surface area (Å²) in [5.41, 5.74) is 0. The summed E-state index contributed by atoms with van der Waals surface area (Å²) in [6.07, 6.45) is 3.06. The summed E-state index contributed by atoms with van der Waals surface area (Å²) in [4.78, 5) is 26.1. The van der Waals surface area contributed by atoms with E-state index in [0.717, 1.165) is 12.8 Å². The summed E-state index contributed by atoms with van der Waals surface area (Å²) in [5.74, 6) is 1.02. The lowest BCUT2D eigenvalue weighted by atomic mass is 9.96. The van der Waals surface area contributed by atoms with Gasteiger partial charge in [-0.2, -0.15) is 0 Å². The molecule has 0 bridgehead atoms. The Morgan fingerprint density at radius 1 is 0.944 bits per heavy atom. The van der Waals surface area contributed by atoms with Crippen molar-refractivity contribution in [3.8, 4) is 0 Å². The SMILES string of the molecule is [3H]O[Si](CCC1CC(C)C(CC[Si](O[3H])(O[3H])O[3H])C1)(O[3H])O[3H]. The second kappa shape index (κ2) is 6.10. The van der Waals surface area contributed by atoms with Crippen LogP contribution in [0.2, 0.25) is 12.1 Å². The van der Waals surface area contributed by atoms with Crippen LogP contribution in [0.15, 0.2) is 0 Å². The second-order valence-corrected chi connectivity index (χ2v) is 9.25. The van der Waals surface area contributed by atoms with Crippen molar-refractivity contribution in [1.82, 2.24) is 0 Å². The van der Waals surface area contributed by atoms with Gasteiger partial charge in [0.15, 0.2) is 8.59 Å². The summed E-state index contributed by atoms with van der Waals surface area (Å²) in [5, 5.41) is 0. The molecule has 0 saturated heterocycles. The molecule has 0 aromatic heterocycles. The number of rotatable bonds is 12. The van der Waals surface area contributed by atoms with Crippen molar-refractivity contribution < 1.29 is 28.8 Å². The molecule has 0 aromatic carbocycles. The maximum atomic E-state index is 6.95. The maximum Gasteiger partial charge on any atom is 0.492 e. The van der Waals surface area contributed by atoms with E-state index in [-0.39, 0.29) is 12.1 Å². The molecule has 1 rings (SSSR count). The molecular weight excluding hydrogens is 272 g/mol. The third kappa shape index (κ3) is 6.39. The summed E-state index contributed by atoms with van der Waals surface area (Å²) >= 11 is 0. The summed E-state index contributed by atoms with van der Waals surface area (Å²) < 4.78 is 41.7. The predicted molar refractivity (Wildman–Crippen MR) is 69.0 cm³/mol. The molecule has 6 nitrogen and oxygen atoms in total. The van der Waals surface area contributed by atoms with E-state index in [1.54, 1.807) is 0 Å². The zero-order valence-electron chi connectivity index (χ0n) is 16.4. The fourth-order valence-electron chi connectivity index (χ4n) is 2.86. The molecule has 18 heavy (non-hydrogen) atoms. The molecule has 1 aliphatic carbocycles. The molecule has 1 saturated carbocycles. The molecular formula is C10H24O6Si2. The Bertz CT molecular complexity index is 348. The van der Waals surface area contributed by atoms with Crippen molar-refractivity contribution in [3.63, 3.8) is 0 Å². The van der Waals surface area contributed by atoms with Crippen LogP contribution < -0.4 is 0 Å². The molecule has 0 spiro atoms. The van der Waals surface area contributed by atoms with Crippen LogP contribution in [0, 0.1) is 17.8 Å². The van der Waals surface area contributed by atoms with Gasteiger partial charge in [0.05, 0.1) is 0 Å². The highest BCUT2D eigenvalue weighted by molar-refractivity contribution is 6.56. The Morgan fingerprint density at radius 2 is 1.50 bits per heavy atom. The smallest absolute Gasteiger partial charge is 0.390 e. The molecule has 8 heteroatoms. The topological polar surface area (TPSA) is 121 Å². The van der Waals surface area contributed by atoms with Gasteiger partial charge in [-0.25, -0.2) is 0 Å². The third-order valence-corrected chi connectivity index (χ3v) is 5.63.